The minimum atomic E-state index is 0.0254. The van der Waals surface area contributed by atoms with Crippen molar-refractivity contribution in [3.05, 3.63) is 10.9 Å². The summed E-state index contributed by atoms with van der Waals surface area (Å²) in [5.74, 6) is 1.67. The van der Waals surface area contributed by atoms with E-state index in [-0.39, 0.29) is 5.54 Å². The zero-order chi connectivity index (χ0) is 15.5. The van der Waals surface area contributed by atoms with Gasteiger partial charge < -0.3 is 10.6 Å². The molecule has 0 aliphatic carbocycles. The zero-order valence-electron chi connectivity index (χ0n) is 13.7. The van der Waals surface area contributed by atoms with Gasteiger partial charge >= 0.3 is 0 Å². The van der Waals surface area contributed by atoms with Crippen LogP contribution in [0.1, 0.15) is 52.3 Å². The average molecular weight is 306 g/mol. The van der Waals surface area contributed by atoms with Crippen LogP contribution in [0.25, 0.3) is 10.2 Å². The van der Waals surface area contributed by atoms with Crippen molar-refractivity contribution in [3.63, 3.8) is 0 Å². The second-order valence-corrected chi connectivity index (χ2v) is 7.09. The lowest BCUT2D eigenvalue weighted by Crippen LogP contribution is -2.30. The van der Waals surface area contributed by atoms with Crippen molar-refractivity contribution in [2.24, 2.45) is 0 Å². The van der Waals surface area contributed by atoms with Crippen LogP contribution in [0.15, 0.2) is 6.07 Å². The number of hydrogen-bond acceptors (Lipinski definition) is 5. The van der Waals surface area contributed by atoms with Crippen LogP contribution in [0.3, 0.4) is 0 Å². The molecule has 5 heteroatoms. The molecule has 0 aliphatic rings. The summed E-state index contributed by atoms with van der Waals surface area (Å²) in [4.78, 5) is 11.8. The molecule has 2 heterocycles. The summed E-state index contributed by atoms with van der Waals surface area (Å²) in [6.07, 6.45) is 3.14. The lowest BCUT2D eigenvalue weighted by atomic mass is 10.0. The lowest BCUT2D eigenvalue weighted by molar-refractivity contribution is 0.545. The smallest absolute Gasteiger partial charge is 0.226 e. The molecular weight excluding hydrogens is 280 g/mol. The third kappa shape index (κ3) is 3.84. The molecule has 0 amide bonds. The third-order valence-electron chi connectivity index (χ3n) is 3.67. The fourth-order valence-corrected chi connectivity index (χ4v) is 2.93. The zero-order valence-corrected chi connectivity index (χ0v) is 14.5. The number of aromatic nitrogens is 2. The standard InChI is InChI=1S/C16H26N4S/c1-6-9-17-15-18-13(20-16(4,5)8-3)12-10-11(7-2)21-14(12)19-15/h10H,6-9H2,1-5H3,(H2,17,18,19,20). The molecule has 21 heavy (non-hydrogen) atoms. The molecular formula is C16H26N4S. The van der Waals surface area contributed by atoms with Gasteiger partial charge in [0.05, 0.1) is 5.39 Å². The number of fused-ring (bicyclic) bond motifs is 1. The molecule has 0 aliphatic heterocycles. The van der Waals surface area contributed by atoms with Gasteiger partial charge in [0, 0.05) is 17.0 Å². The van der Waals surface area contributed by atoms with Crippen molar-refractivity contribution in [3.8, 4) is 0 Å². The highest BCUT2D eigenvalue weighted by molar-refractivity contribution is 7.18. The van der Waals surface area contributed by atoms with E-state index in [1.165, 1.54) is 4.88 Å². The van der Waals surface area contributed by atoms with Crippen molar-refractivity contribution in [2.45, 2.75) is 59.4 Å². The van der Waals surface area contributed by atoms with Gasteiger partial charge in [0.2, 0.25) is 5.95 Å². The van der Waals surface area contributed by atoms with E-state index >= 15 is 0 Å². The Morgan fingerprint density at radius 2 is 1.95 bits per heavy atom. The Kier molecular flexibility index (Phi) is 5.04. The Bertz CT molecular complexity index is 604. The quantitative estimate of drug-likeness (QED) is 0.780. The fourth-order valence-electron chi connectivity index (χ4n) is 1.97. The summed E-state index contributed by atoms with van der Waals surface area (Å²) >= 11 is 1.76. The van der Waals surface area contributed by atoms with Crippen LogP contribution in [0.4, 0.5) is 11.8 Å². The molecule has 0 bridgehead atoms. The number of rotatable bonds is 7. The summed E-state index contributed by atoms with van der Waals surface area (Å²) < 4.78 is 0. The van der Waals surface area contributed by atoms with Crippen LogP contribution < -0.4 is 10.6 Å². The SMILES string of the molecule is CCCNc1nc(NC(C)(C)CC)c2cc(CC)sc2n1. The van der Waals surface area contributed by atoms with Gasteiger partial charge in [0.1, 0.15) is 10.6 Å². The minimum absolute atomic E-state index is 0.0254. The molecule has 2 aromatic rings. The van der Waals surface area contributed by atoms with Crippen molar-refractivity contribution < 1.29 is 0 Å². The summed E-state index contributed by atoms with van der Waals surface area (Å²) in [7, 11) is 0. The number of nitrogens with zero attached hydrogens (tertiary/aromatic N) is 2. The summed E-state index contributed by atoms with van der Waals surface area (Å²) in [6.45, 7) is 11.8. The van der Waals surface area contributed by atoms with Crippen LogP contribution in [0.2, 0.25) is 0 Å². The first kappa shape index (κ1) is 16.0. The van der Waals surface area contributed by atoms with Gasteiger partial charge in [-0.1, -0.05) is 20.8 Å². The van der Waals surface area contributed by atoms with Crippen LogP contribution in [0, 0.1) is 0 Å². The first-order valence-electron chi connectivity index (χ1n) is 7.81. The van der Waals surface area contributed by atoms with Crippen LogP contribution >= 0.6 is 11.3 Å². The Labute approximate surface area is 131 Å². The molecule has 0 spiro atoms. The Hall–Kier alpha value is -1.36. The van der Waals surface area contributed by atoms with Gasteiger partial charge in [-0.15, -0.1) is 11.3 Å². The summed E-state index contributed by atoms with van der Waals surface area (Å²) in [5.41, 5.74) is 0.0254. The molecule has 0 unspecified atom stereocenters. The maximum absolute atomic E-state index is 4.69. The van der Waals surface area contributed by atoms with E-state index < -0.39 is 0 Å². The highest BCUT2D eigenvalue weighted by Gasteiger charge is 2.19. The van der Waals surface area contributed by atoms with Crippen molar-refractivity contribution >= 4 is 33.3 Å². The Balaban J connectivity index is 2.45. The highest BCUT2D eigenvalue weighted by Crippen LogP contribution is 2.32. The van der Waals surface area contributed by atoms with E-state index in [1.807, 2.05) is 0 Å². The highest BCUT2D eigenvalue weighted by atomic mass is 32.1. The fraction of sp³-hybridized carbons (Fsp3) is 0.625. The molecule has 0 radical (unpaired) electrons. The Morgan fingerprint density at radius 3 is 2.57 bits per heavy atom. The van der Waals surface area contributed by atoms with Gasteiger partial charge in [-0.2, -0.15) is 4.98 Å². The van der Waals surface area contributed by atoms with E-state index in [0.29, 0.717) is 0 Å². The number of anilines is 2. The normalized spacial score (nSPS) is 11.9. The maximum Gasteiger partial charge on any atom is 0.226 e. The molecule has 0 fully saturated rings. The van der Waals surface area contributed by atoms with Crippen molar-refractivity contribution in [1.29, 1.82) is 0 Å². The minimum Gasteiger partial charge on any atom is -0.364 e. The monoisotopic (exact) mass is 306 g/mol. The first-order chi connectivity index (χ1) is 9.99. The largest absolute Gasteiger partial charge is 0.364 e. The second kappa shape index (κ2) is 6.60. The molecule has 0 saturated carbocycles. The molecule has 2 rings (SSSR count). The van der Waals surface area contributed by atoms with Crippen LogP contribution in [-0.4, -0.2) is 22.1 Å². The van der Waals surface area contributed by atoms with E-state index in [1.54, 1.807) is 11.3 Å². The van der Waals surface area contributed by atoms with Gasteiger partial charge in [-0.05, 0) is 39.2 Å². The number of hydrogen-bond donors (Lipinski definition) is 2. The molecule has 4 nitrogen and oxygen atoms in total. The van der Waals surface area contributed by atoms with Gasteiger partial charge in [0.25, 0.3) is 0 Å². The second-order valence-electron chi connectivity index (χ2n) is 5.97. The summed E-state index contributed by atoms with van der Waals surface area (Å²) in [5, 5.41) is 8.02. The maximum atomic E-state index is 4.69. The lowest BCUT2D eigenvalue weighted by Gasteiger charge is -2.25. The molecule has 2 N–H and O–H groups in total. The van der Waals surface area contributed by atoms with Gasteiger partial charge in [0.15, 0.2) is 0 Å². The Morgan fingerprint density at radius 1 is 1.19 bits per heavy atom. The predicted molar refractivity (Wildman–Crippen MR) is 93.6 cm³/mol. The number of nitrogens with one attached hydrogen (secondary N) is 2. The first-order valence-corrected chi connectivity index (χ1v) is 8.63. The van der Waals surface area contributed by atoms with E-state index in [9.17, 15) is 0 Å². The number of thiophene rings is 1. The van der Waals surface area contributed by atoms with Crippen LogP contribution in [0.5, 0.6) is 0 Å². The van der Waals surface area contributed by atoms with E-state index in [4.69, 9.17) is 4.98 Å². The predicted octanol–water partition coefficient (Wildman–Crippen LogP) is 4.68. The van der Waals surface area contributed by atoms with Crippen molar-refractivity contribution in [1.82, 2.24) is 9.97 Å². The molecule has 0 aromatic carbocycles. The third-order valence-corrected chi connectivity index (χ3v) is 4.84. The molecule has 2 aromatic heterocycles. The molecule has 0 atom stereocenters. The van der Waals surface area contributed by atoms with Gasteiger partial charge in [-0.25, -0.2) is 4.98 Å². The number of aryl methyl sites for hydroxylation is 1. The molecule has 0 saturated heterocycles. The van der Waals surface area contributed by atoms with E-state index in [0.717, 1.165) is 47.8 Å². The average Bonchev–Trinajstić information content (AvgIpc) is 2.88. The van der Waals surface area contributed by atoms with E-state index in [2.05, 4.69) is 56.3 Å². The molecule has 116 valence electrons. The van der Waals surface area contributed by atoms with Crippen molar-refractivity contribution in [2.75, 3.05) is 17.2 Å². The van der Waals surface area contributed by atoms with Crippen LogP contribution in [-0.2, 0) is 6.42 Å². The topological polar surface area (TPSA) is 49.8 Å². The summed E-state index contributed by atoms with van der Waals surface area (Å²) in [6, 6.07) is 2.22. The van der Waals surface area contributed by atoms with Gasteiger partial charge in [-0.3, -0.25) is 0 Å².